The normalized spacial score (nSPS) is 13.5. The third kappa shape index (κ3) is 3.72. The van der Waals surface area contributed by atoms with E-state index in [0.717, 1.165) is 5.76 Å². The van der Waals surface area contributed by atoms with Crippen LogP contribution in [0.1, 0.15) is 29.6 Å². The van der Waals surface area contributed by atoms with Gasteiger partial charge < -0.3 is 14.1 Å². The Kier molecular flexibility index (Phi) is 4.50. The molecule has 0 saturated heterocycles. The average molecular weight is 313 g/mol. The molecule has 2 N–H and O–H groups in total. The van der Waals surface area contributed by atoms with Crippen LogP contribution in [-0.4, -0.2) is 29.6 Å². The number of rotatable bonds is 6. The van der Waals surface area contributed by atoms with Gasteiger partial charge in [-0.1, -0.05) is 0 Å². The largest absolute Gasteiger partial charge is 0.466 e. The van der Waals surface area contributed by atoms with Gasteiger partial charge in [-0.15, -0.1) is 0 Å². The van der Waals surface area contributed by atoms with E-state index in [1.807, 2.05) is 0 Å². The molecular weight excluding hydrogens is 294 g/mol. The Labute approximate surface area is 123 Å². The molecule has 0 radical (unpaired) electrons. The summed E-state index contributed by atoms with van der Waals surface area (Å²) in [6, 6.07) is 1.76. The summed E-state index contributed by atoms with van der Waals surface area (Å²) in [5.74, 6) is 1.36. The van der Waals surface area contributed by atoms with Gasteiger partial charge in [0.1, 0.15) is 11.5 Å². The second-order valence-electron chi connectivity index (χ2n) is 4.95. The highest BCUT2D eigenvalue weighted by atomic mass is 32.2. The average Bonchev–Trinajstić information content (AvgIpc) is 2.95. The molecule has 2 rings (SSSR count). The maximum Gasteiger partial charge on any atom is 0.259 e. The smallest absolute Gasteiger partial charge is 0.259 e. The first-order valence-corrected chi connectivity index (χ1v) is 8.00. The summed E-state index contributed by atoms with van der Waals surface area (Å²) in [6.45, 7) is 3.68. The Morgan fingerprint density at radius 3 is 2.71 bits per heavy atom. The predicted octanol–water partition coefficient (Wildman–Crippen LogP) is 1.03. The summed E-state index contributed by atoms with van der Waals surface area (Å²) in [5.41, 5.74) is 0.685. The van der Waals surface area contributed by atoms with Gasteiger partial charge in [-0.25, -0.2) is 18.1 Å². The summed E-state index contributed by atoms with van der Waals surface area (Å²) in [4.78, 5) is 3.80. The molecule has 2 aromatic heterocycles. The number of aryl methyl sites for hydroxylation is 3. The van der Waals surface area contributed by atoms with Crippen molar-refractivity contribution in [1.82, 2.24) is 14.3 Å². The Balaban J connectivity index is 1.93. The number of aromatic nitrogens is 2. The lowest BCUT2D eigenvalue weighted by Gasteiger charge is -2.10. The Morgan fingerprint density at radius 2 is 2.19 bits per heavy atom. The van der Waals surface area contributed by atoms with E-state index in [9.17, 15) is 13.5 Å². The second-order valence-corrected chi connectivity index (χ2v) is 6.66. The molecule has 0 spiro atoms. The number of nitrogens with zero attached hydrogens (tertiary/aromatic N) is 2. The van der Waals surface area contributed by atoms with Crippen LogP contribution >= 0.6 is 0 Å². The molecule has 116 valence electrons. The van der Waals surface area contributed by atoms with Crippen LogP contribution in [0.15, 0.2) is 28.0 Å². The van der Waals surface area contributed by atoms with Crippen molar-refractivity contribution in [1.29, 1.82) is 0 Å². The highest BCUT2D eigenvalue weighted by Gasteiger charge is 2.19. The van der Waals surface area contributed by atoms with Crippen LogP contribution in [0, 0.1) is 13.8 Å². The van der Waals surface area contributed by atoms with Crippen molar-refractivity contribution in [3.63, 3.8) is 0 Å². The van der Waals surface area contributed by atoms with E-state index in [-0.39, 0.29) is 18.0 Å². The van der Waals surface area contributed by atoms with Crippen LogP contribution in [0.25, 0.3) is 0 Å². The first-order valence-electron chi connectivity index (χ1n) is 6.52. The van der Waals surface area contributed by atoms with E-state index in [4.69, 9.17) is 4.42 Å². The molecule has 2 heterocycles. The van der Waals surface area contributed by atoms with E-state index >= 15 is 0 Å². The summed E-state index contributed by atoms with van der Waals surface area (Å²) in [6.07, 6.45) is 2.32. The Hall–Kier alpha value is -1.64. The van der Waals surface area contributed by atoms with Gasteiger partial charge in [0.2, 0.25) is 0 Å². The van der Waals surface area contributed by atoms with Crippen molar-refractivity contribution in [3.05, 3.63) is 35.7 Å². The van der Waals surface area contributed by atoms with Crippen molar-refractivity contribution < 1.29 is 17.9 Å². The standard InChI is InChI=1S/C13H19N3O4S/c1-9-6-11(10(2)20-9)12(17)4-5-15-21(18,19)13-7-16(3)8-14-13/h6-8,12,15,17H,4-5H2,1-3H3. The van der Waals surface area contributed by atoms with Gasteiger partial charge in [0, 0.05) is 25.4 Å². The molecule has 1 atom stereocenters. The fourth-order valence-electron chi connectivity index (χ4n) is 2.07. The minimum absolute atomic E-state index is 0.0326. The summed E-state index contributed by atoms with van der Waals surface area (Å²) >= 11 is 0. The van der Waals surface area contributed by atoms with Gasteiger partial charge in [0.25, 0.3) is 10.0 Å². The number of nitrogens with one attached hydrogen (secondary N) is 1. The molecule has 21 heavy (non-hydrogen) atoms. The third-order valence-corrected chi connectivity index (χ3v) is 4.45. The quantitative estimate of drug-likeness (QED) is 0.830. The van der Waals surface area contributed by atoms with Crippen LogP contribution in [0.5, 0.6) is 0 Å². The van der Waals surface area contributed by atoms with Crippen molar-refractivity contribution in [2.24, 2.45) is 7.05 Å². The molecular formula is C13H19N3O4S. The lowest BCUT2D eigenvalue weighted by molar-refractivity contribution is 0.167. The Morgan fingerprint density at radius 1 is 1.48 bits per heavy atom. The molecule has 0 aromatic carbocycles. The highest BCUT2D eigenvalue weighted by Crippen LogP contribution is 2.23. The zero-order valence-electron chi connectivity index (χ0n) is 12.2. The van der Waals surface area contributed by atoms with Crippen LogP contribution in [0.2, 0.25) is 0 Å². The van der Waals surface area contributed by atoms with Crippen LogP contribution in [0.3, 0.4) is 0 Å². The number of sulfonamides is 1. The molecule has 0 amide bonds. The van der Waals surface area contributed by atoms with Crippen LogP contribution in [-0.2, 0) is 17.1 Å². The van der Waals surface area contributed by atoms with Gasteiger partial charge >= 0.3 is 0 Å². The van der Waals surface area contributed by atoms with Crippen molar-refractivity contribution in [2.45, 2.75) is 31.4 Å². The van der Waals surface area contributed by atoms with E-state index in [1.54, 1.807) is 31.5 Å². The number of hydrogen-bond acceptors (Lipinski definition) is 5. The minimum Gasteiger partial charge on any atom is -0.466 e. The molecule has 0 fully saturated rings. The SMILES string of the molecule is Cc1cc(C(O)CCNS(=O)(=O)c2cn(C)cn2)c(C)o1. The van der Waals surface area contributed by atoms with Gasteiger partial charge in [-0.3, -0.25) is 0 Å². The van der Waals surface area contributed by atoms with Gasteiger partial charge in [0.05, 0.1) is 12.4 Å². The van der Waals surface area contributed by atoms with E-state index in [2.05, 4.69) is 9.71 Å². The summed E-state index contributed by atoms with van der Waals surface area (Å²) in [5, 5.41) is 10.0. The Bertz CT molecular complexity index is 718. The van der Waals surface area contributed by atoms with Crippen molar-refractivity contribution in [2.75, 3.05) is 6.54 Å². The second kappa shape index (κ2) is 6.00. The van der Waals surface area contributed by atoms with Gasteiger partial charge in [0.15, 0.2) is 5.03 Å². The topological polar surface area (TPSA) is 97.4 Å². The molecule has 2 aromatic rings. The monoisotopic (exact) mass is 313 g/mol. The molecule has 0 saturated carbocycles. The summed E-state index contributed by atoms with van der Waals surface area (Å²) < 4.78 is 33.2. The predicted molar refractivity (Wildman–Crippen MR) is 76.2 cm³/mol. The molecule has 8 heteroatoms. The van der Waals surface area contributed by atoms with Crippen LogP contribution in [0.4, 0.5) is 0 Å². The van der Waals surface area contributed by atoms with Crippen molar-refractivity contribution >= 4 is 10.0 Å². The molecule has 1 unspecified atom stereocenters. The van der Waals surface area contributed by atoms with Gasteiger partial charge in [-0.2, -0.15) is 0 Å². The van der Waals surface area contributed by atoms with E-state index in [0.29, 0.717) is 11.3 Å². The highest BCUT2D eigenvalue weighted by molar-refractivity contribution is 7.89. The van der Waals surface area contributed by atoms with Gasteiger partial charge in [-0.05, 0) is 26.3 Å². The first-order chi connectivity index (χ1) is 9.79. The van der Waals surface area contributed by atoms with E-state index < -0.39 is 16.1 Å². The maximum absolute atomic E-state index is 11.9. The maximum atomic E-state index is 11.9. The number of furan rings is 1. The molecule has 0 aliphatic carbocycles. The number of aliphatic hydroxyl groups is 1. The zero-order chi connectivity index (χ0) is 15.6. The molecule has 0 bridgehead atoms. The molecule has 7 nitrogen and oxygen atoms in total. The fraction of sp³-hybridized carbons (Fsp3) is 0.462. The third-order valence-electron chi connectivity index (χ3n) is 3.10. The first kappa shape index (κ1) is 15.7. The number of imidazole rings is 1. The minimum atomic E-state index is -3.64. The van der Waals surface area contributed by atoms with E-state index in [1.165, 1.54) is 12.5 Å². The van der Waals surface area contributed by atoms with Crippen LogP contribution < -0.4 is 4.72 Å². The zero-order valence-corrected chi connectivity index (χ0v) is 13.0. The number of hydrogen-bond donors (Lipinski definition) is 2. The fourth-order valence-corrected chi connectivity index (χ4v) is 3.09. The molecule has 0 aliphatic rings. The molecule has 0 aliphatic heterocycles. The number of aliphatic hydroxyl groups excluding tert-OH is 1. The summed E-state index contributed by atoms with van der Waals surface area (Å²) in [7, 11) is -1.94. The lowest BCUT2D eigenvalue weighted by Crippen LogP contribution is -2.26. The van der Waals surface area contributed by atoms with Crippen molar-refractivity contribution in [3.8, 4) is 0 Å². The lowest BCUT2D eigenvalue weighted by atomic mass is 10.1.